The maximum atomic E-state index is 13.0. The van der Waals surface area contributed by atoms with E-state index < -0.39 is 11.7 Å². The number of likely N-dealkylation sites (tertiary alicyclic amines) is 1. The van der Waals surface area contributed by atoms with E-state index in [1.165, 1.54) is 18.3 Å². The van der Waals surface area contributed by atoms with Crippen LogP contribution in [0.2, 0.25) is 0 Å². The molecule has 0 atom stereocenters. The summed E-state index contributed by atoms with van der Waals surface area (Å²) in [6, 6.07) is 15.2. The summed E-state index contributed by atoms with van der Waals surface area (Å²) in [5.74, 6) is 1.48. The summed E-state index contributed by atoms with van der Waals surface area (Å²) in [5.41, 5.74) is -0.0630. The third kappa shape index (κ3) is 7.97. The van der Waals surface area contributed by atoms with Crippen LogP contribution >= 0.6 is 0 Å². The van der Waals surface area contributed by atoms with Gasteiger partial charge in [0.25, 0.3) is 11.8 Å². The van der Waals surface area contributed by atoms with Crippen LogP contribution in [0, 0.1) is 0 Å². The van der Waals surface area contributed by atoms with Crippen LogP contribution in [0.5, 0.6) is 17.2 Å². The number of carbonyl (C=O) groups excluding carboxylic acids is 2. The minimum Gasteiger partial charge on any atom is -0.497 e. The summed E-state index contributed by atoms with van der Waals surface area (Å²) >= 11 is 0. The molecule has 1 N–H and O–H groups in total. The first kappa shape index (κ1) is 30.2. The van der Waals surface area contributed by atoms with Gasteiger partial charge in [-0.2, -0.15) is 13.2 Å². The van der Waals surface area contributed by atoms with Gasteiger partial charge < -0.3 is 24.4 Å². The Balaban J connectivity index is 1.04. The second kappa shape index (κ2) is 13.4. The monoisotopic (exact) mass is 597 g/mol. The van der Waals surface area contributed by atoms with Crippen molar-refractivity contribution in [1.29, 1.82) is 0 Å². The predicted octanol–water partition coefficient (Wildman–Crippen LogP) is 5.91. The molecule has 1 saturated carbocycles. The van der Waals surface area contributed by atoms with Crippen molar-refractivity contribution in [2.24, 2.45) is 0 Å². The number of hydrogen-bond donors (Lipinski definition) is 1. The highest BCUT2D eigenvalue weighted by atomic mass is 19.4. The fourth-order valence-corrected chi connectivity index (χ4v) is 5.36. The van der Waals surface area contributed by atoms with Gasteiger partial charge in [-0.1, -0.05) is 0 Å². The molecule has 228 valence electrons. The largest absolute Gasteiger partial charge is 0.497 e. The molecule has 0 spiro atoms. The number of ether oxygens (including phenoxy) is 3. The van der Waals surface area contributed by atoms with Gasteiger partial charge >= 0.3 is 6.18 Å². The summed E-state index contributed by atoms with van der Waals surface area (Å²) < 4.78 is 55.4. The van der Waals surface area contributed by atoms with Gasteiger partial charge in [0, 0.05) is 38.2 Å². The molecule has 1 aliphatic heterocycles. The Hall–Kier alpha value is -4.28. The van der Waals surface area contributed by atoms with Crippen molar-refractivity contribution in [1.82, 2.24) is 15.2 Å². The van der Waals surface area contributed by atoms with Crippen LogP contribution in [0.3, 0.4) is 0 Å². The molecule has 2 heterocycles. The van der Waals surface area contributed by atoms with E-state index in [0.717, 1.165) is 23.6 Å². The van der Waals surface area contributed by atoms with Gasteiger partial charge in [0.05, 0.1) is 24.3 Å². The molecule has 11 heteroatoms. The van der Waals surface area contributed by atoms with Crippen molar-refractivity contribution in [3.63, 3.8) is 0 Å². The number of pyridine rings is 1. The molecule has 1 aromatic heterocycles. The van der Waals surface area contributed by atoms with E-state index >= 15 is 0 Å². The highest BCUT2D eigenvalue weighted by Gasteiger charge is 2.31. The van der Waals surface area contributed by atoms with Crippen molar-refractivity contribution in [2.75, 3.05) is 20.2 Å². The molecular formula is C32H34F3N3O5. The van der Waals surface area contributed by atoms with Crippen molar-refractivity contribution < 1.29 is 37.0 Å². The van der Waals surface area contributed by atoms with E-state index in [9.17, 15) is 22.8 Å². The number of nitrogens with one attached hydrogen (secondary N) is 1. The minimum absolute atomic E-state index is 0.0214. The summed E-state index contributed by atoms with van der Waals surface area (Å²) in [7, 11) is 1.61. The molecule has 2 aliphatic rings. The van der Waals surface area contributed by atoms with Crippen LogP contribution in [-0.4, -0.2) is 60.1 Å². The molecule has 0 radical (unpaired) electrons. The van der Waals surface area contributed by atoms with Gasteiger partial charge in [0.1, 0.15) is 29.0 Å². The van der Waals surface area contributed by atoms with Crippen LogP contribution in [0.4, 0.5) is 13.2 Å². The number of piperidine rings is 1. The normalized spacial score (nSPS) is 19.4. The lowest BCUT2D eigenvalue weighted by atomic mass is 9.92. The Labute approximate surface area is 248 Å². The first-order chi connectivity index (χ1) is 20.7. The second-order valence-corrected chi connectivity index (χ2v) is 10.8. The lowest BCUT2D eigenvalue weighted by Gasteiger charge is -2.32. The number of methoxy groups -OCH3 is 1. The van der Waals surface area contributed by atoms with Crippen LogP contribution < -0.4 is 19.5 Å². The molecule has 2 amide bonds. The quantitative estimate of drug-likeness (QED) is 0.347. The molecule has 2 fully saturated rings. The Kier molecular flexibility index (Phi) is 9.37. The number of aromatic nitrogens is 1. The number of nitrogens with zero attached hydrogens (tertiary/aromatic N) is 2. The molecular weight excluding hydrogens is 563 g/mol. The number of rotatable bonds is 8. The maximum absolute atomic E-state index is 13.0. The van der Waals surface area contributed by atoms with Gasteiger partial charge in [-0.25, -0.2) is 0 Å². The van der Waals surface area contributed by atoms with Crippen molar-refractivity contribution >= 4 is 11.8 Å². The number of alkyl halides is 3. The van der Waals surface area contributed by atoms with Crippen LogP contribution in [0.25, 0.3) is 0 Å². The molecule has 3 aromatic rings. The summed E-state index contributed by atoms with van der Waals surface area (Å²) in [4.78, 5) is 31.8. The van der Waals surface area contributed by atoms with E-state index in [1.54, 1.807) is 24.1 Å². The fourth-order valence-electron chi connectivity index (χ4n) is 5.36. The highest BCUT2D eigenvalue weighted by Crippen LogP contribution is 2.31. The average molecular weight is 598 g/mol. The zero-order valence-electron chi connectivity index (χ0n) is 23.8. The Morgan fingerprint density at radius 2 is 1.35 bits per heavy atom. The number of carbonyl (C=O) groups is 2. The van der Waals surface area contributed by atoms with Gasteiger partial charge in [-0.15, -0.1) is 0 Å². The van der Waals surface area contributed by atoms with E-state index in [2.05, 4.69) is 10.3 Å². The third-order valence-corrected chi connectivity index (χ3v) is 7.83. The number of amides is 2. The maximum Gasteiger partial charge on any atom is 0.416 e. The van der Waals surface area contributed by atoms with Gasteiger partial charge in [-0.05, 0) is 86.3 Å². The minimum atomic E-state index is -4.38. The molecule has 8 nitrogen and oxygen atoms in total. The summed E-state index contributed by atoms with van der Waals surface area (Å²) in [6.07, 6.45) is 1.03. The van der Waals surface area contributed by atoms with Gasteiger partial charge in [-0.3, -0.25) is 14.6 Å². The molecule has 43 heavy (non-hydrogen) atoms. The molecule has 5 rings (SSSR count). The number of benzene rings is 2. The predicted molar refractivity (Wildman–Crippen MR) is 152 cm³/mol. The highest BCUT2D eigenvalue weighted by molar-refractivity contribution is 5.96. The first-order valence-electron chi connectivity index (χ1n) is 14.4. The van der Waals surface area contributed by atoms with Crippen molar-refractivity contribution in [3.8, 4) is 17.2 Å². The van der Waals surface area contributed by atoms with Crippen molar-refractivity contribution in [3.05, 3.63) is 83.7 Å². The molecule has 2 aromatic carbocycles. The summed E-state index contributed by atoms with van der Waals surface area (Å²) in [5, 5.41) is 2.99. The molecule has 1 aliphatic carbocycles. The van der Waals surface area contributed by atoms with Crippen LogP contribution in [0.15, 0.2) is 66.9 Å². The zero-order valence-corrected chi connectivity index (χ0v) is 23.8. The Bertz CT molecular complexity index is 1370. The number of halogens is 3. The molecule has 1 saturated heterocycles. The zero-order chi connectivity index (χ0) is 30.4. The standard InChI is InChI=1S/C32H34F3N3O5/c1-41-24-11-13-27(14-12-24)43-28-16-18-38(19-17-28)31(40)21-2-15-29(36-20-21)30(39)37-23-5-9-26(10-6-23)42-25-7-3-22(4-8-25)32(33,34)35/h2-4,7-8,11-15,20,23,26,28H,5-6,9-10,16-19H2,1H3,(H,37,39)/t23-,26+. The molecule has 0 unspecified atom stereocenters. The average Bonchev–Trinajstić information content (AvgIpc) is 3.02. The summed E-state index contributed by atoms with van der Waals surface area (Å²) in [6.45, 7) is 1.13. The van der Waals surface area contributed by atoms with Crippen LogP contribution in [-0.2, 0) is 6.18 Å². The third-order valence-electron chi connectivity index (χ3n) is 7.83. The van der Waals surface area contributed by atoms with E-state index in [1.807, 2.05) is 24.3 Å². The Morgan fingerprint density at radius 1 is 0.791 bits per heavy atom. The lowest BCUT2D eigenvalue weighted by Crippen LogP contribution is -2.42. The van der Waals surface area contributed by atoms with Gasteiger partial charge in [0.2, 0.25) is 0 Å². The topological polar surface area (TPSA) is 90.0 Å². The Morgan fingerprint density at radius 3 is 1.88 bits per heavy atom. The molecule has 0 bridgehead atoms. The van der Waals surface area contributed by atoms with Crippen LogP contribution in [0.1, 0.15) is 64.9 Å². The van der Waals surface area contributed by atoms with Gasteiger partial charge in [0.15, 0.2) is 0 Å². The van der Waals surface area contributed by atoms with E-state index in [-0.39, 0.29) is 35.8 Å². The lowest BCUT2D eigenvalue weighted by molar-refractivity contribution is -0.137. The fraction of sp³-hybridized carbons (Fsp3) is 0.406. The van der Waals surface area contributed by atoms with Crippen molar-refractivity contribution in [2.45, 2.75) is 63.0 Å². The number of hydrogen-bond acceptors (Lipinski definition) is 6. The second-order valence-electron chi connectivity index (χ2n) is 10.8. The van der Waals surface area contributed by atoms with E-state index in [4.69, 9.17) is 14.2 Å². The van der Waals surface area contributed by atoms with E-state index in [0.29, 0.717) is 62.9 Å². The first-order valence-corrected chi connectivity index (χ1v) is 14.4. The smallest absolute Gasteiger partial charge is 0.416 e. The SMILES string of the molecule is COc1ccc(OC2CCN(C(=O)c3ccc(C(=O)N[C@H]4CC[C@@H](Oc5ccc(C(F)(F)F)cc5)CC4)nc3)CC2)cc1.